The molecule has 0 amide bonds. The molecule has 0 aliphatic heterocycles. The van der Waals surface area contributed by atoms with Gasteiger partial charge in [0.25, 0.3) is 0 Å². The monoisotopic (exact) mass is 227 g/mol. The second-order valence-electron chi connectivity index (χ2n) is 0. The van der Waals surface area contributed by atoms with Crippen LogP contribution in [0.15, 0.2) is 0 Å². The van der Waals surface area contributed by atoms with E-state index in [-0.39, 0.29) is 65.5 Å². The number of hydrogen-bond donors (Lipinski definition) is 0. The van der Waals surface area contributed by atoms with Crippen molar-refractivity contribution in [2.75, 3.05) is 0 Å². The van der Waals surface area contributed by atoms with Crippen LogP contribution in [0.2, 0.25) is 0 Å². The number of rotatable bonds is 0. The molecule has 0 atom stereocenters. The average Bonchev–Trinajstić information content (AvgIpc) is 0. The Morgan fingerprint density at radius 1 is 0.600 bits per heavy atom. The van der Waals surface area contributed by atoms with E-state index in [1.165, 1.54) is 0 Å². The summed E-state index contributed by atoms with van der Waals surface area (Å²) < 4.78 is 0. The van der Waals surface area contributed by atoms with Crippen molar-refractivity contribution < 1.29 is 52.0 Å². The average molecular weight is 227 g/mol. The minimum Gasteiger partial charge on any atom is -0.412 e. The summed E-state index contributed by atoms with van der Waals surface area (Å²) in [6.07, 6.45) is 0. The van der Waals surface area contributed by atoms with E-state index in [9.17, 15) is 0 Å². The maximum atomic E-state index is 0. The molecule has 1 radical (unpaired) electrons. The van der Waals surface area contributed by atoms with E-state index in [0.29, 0.717) is 0 Å². The second-order valence-corrected chi connectivity index (χ2v) is 0. The van der Waals surface area contributed by atoms with E-state index in [1.54, 1.807) is 0 Å². The molecule has 0 aromatic heterocycles. The Balaban J connectivity index is 0. The van der Waals surface area contributed by atoms with Crippen LogP contribution in [0, 0.1) is 35.6 Å². The zero-order valence-corrected chi connectivity index (χ0v) is 7.20. The summed E-state index contributed by atoms with van der Waals surface area (Å²) in [6.45, 7) is 0. The summed E-state index contributed by atoms with van der Waals surface area (Å²) in [5.41, 5.74) is 0. The van der Waals surface area contributed by atoms with Crippen LogP contribution >= 0.6 is 13.5 Å². The van der Waals surface area contributed by atoms with Gasteiger partial charge in [-0.05, 0) is 0 Å². The third kappa shape index (κ3) is 31.3. The molecule has 0 saturated heterocycles. The molecule has 0 aromatic rings. The fraction of sp³-hybridized carbons (Fsp3) is 0. The Morgan fingerprint density at radius 2 is 0.600 bits per heavy atom. The predicted octanol–water partition coefficient (Wildman–Crippen LogP) is -2.36. The molecule has 0 fully saturated rings. The van der Waals surface area contributed by atoms with Crippen molar-refractivity contribution >= 4 is 13.5 Å². The molecule has 6 N–H and O–H groups in total. The maximum absolute atomic E-state index is 0. The van der Waals surface area contributed by atoms with Crippen molar-refractivity contribution in [3.8, 4) is 0 Å². The van der Waals surface area contributed by atoms with E-state index < -0.39 is 0 Å². The van der Waals surface area contributed by atoms with Crippen molar-refractivity contribution in [3.05, 3.63) is 0 Å². The third-order valence-corrected chi connectivity index (χ3v) is 0. The third-order valence-electron chi connectivity index (χ3n) is 0. The minimum absolute atomic E-state index is 0. The van der Waals surface area contributed by atoms with Gasteiger partial charge in [0.1, 0.15) is 0 Å². The Bertz CT molecular complexity index is 6.85. The largest absolute Gasteiger partial charge is 0.412 e. The molecule has 5 heavy (non-hydrogen) atoms. The van der Waals surface area contributed by atoms with Gasteiger partial charge in [-0.3, -0.25) is 0 Å². The molecule has 5 heteroatoms. The molecule has 0 rings (SSSR count). The van der Waals surface area contributed by atoms with Crippen LogP contribution in [0.4, 0.5) is 0 Å². The summed E-state index contributed by atoms with van der Waals surface area (Å²) in [5, 5.41) is 0. The molecule has 35 valence electrons. The zero-order chi connectivity index (χ0) is 0. The fourth-order valence-corrected chi connectivity index (χ4v) is 0. The normalized spacial score (nSPS) is 0. The molecular formula is H8LaO3S. The van der Waals surface area contributed by atoms with E-state index >= 15 is 0 Å². The van der Waals surface area contributed by atoms with Gasteiger partial charge in [-0.1, -0.05) is 0 Å². The van der Waals surface area contributed by atoms with E-state index in [1.807, 2.05) is 0 Å². The van der Waals surface area contributed by atoms with Crippen molar-refractivity contribution in [1.82, 2.24) is 0 Å². The summed E-state index contributed by atoms with van der Waals surface area (Å²) in [7, 11) is 0. The minimum atomic E-state index is 0. The Hall–Kier alpha value is 1.42. The SMILES string of the molecule is O.O.O.S.[La]. The van der Waals surface area contributed by atoms with E-state index in [0.717, 1.165) is 0 Å². The first-order valence-electron chi connectivity index (χ1n) is 0. The van der Waals surface area contributed by atoms with Crippen LogP contribution in [-0.4, -0.2) is 16.4 Å². The smallest absolute Gasteiger partial charge is 0 e. The van der Waals surface area contributed by atoms with Crippen molar-refractivity contribution in [2.24, 2.45) is 0 Å². The molecular weight excluding hydrogens is 219 g/mol. The van der Waals surface area contributed by atoms with Gasteiger partial charge in [0.15, 0.2) is 0 Å². The summed E-state index contributed by atoms with van der Waals surface area (Å²) in [4.78, 5) is 0. The van der Waals surface area contributed by atoms with Crippen molar-refractivity contribution in [2.45, 2.75) is 0 Å². The van der Waals surface area contributed by atoms with Crippen LogP contribution in [-0.2, 0) is 0 Å². The van der Waals surface area contributed by atoms with Crippen LogP contribution in [0.25, 0.3) is 0 Å². The molecule has 0 bridgehead atoms. The predicted molar refractivity (Wildman–Crippen MR) is 21.2 cm³/mol. The molecule has 0 aromatic carbocycles. The van der Waals surface area contributed by atoms with Gasteiger partial charge in [0, 0.05) is 35.6 Å². The molecule has 0 spiro atoms. The summed E-state index contributed by atoms with van der Waals surface area (Å²) >= 11 is 0. The van der Waals surface area contributed by atoms with Gasteiger partial charge in [0.2, 0.25) is 0 Å². The topological polar surface area (TPSA) is 94.5 Å². The van der Waals surface area contributed by atoms with Gasteiger partial charge in [-0.2, -0.15) is 13.5 Å². The maximum Gasteiger partial charge on any atom is 0 e. The molecule has 0 saturated carbocycles. The van der Waals surface area contributed by atoms with Crippen LogP contribution in [0.3, 0.4) is 0 Å². The van der Waals surface area contributed by atoms with E-state index in [2.05, 4.69) is 0 Å². The molecule has 0 aliphatic carbocycles. The van der Waals surface area contributed by atoms with Crippen molar-refractivity contribution in [3.63, 3.8) is 0 Å². The van der Waals surface area contributed by atoms with Crippen LogP contribution in [0.1, 0.15) is 0 Å². The quantitative estimate of drug-likeness (QED) is 0.442. The van der Waals surface area contributed by atoms with Gasteiger partial charge in [-0.15, -0.1) is 0 Å². The van der Waals surface area contributed by atoms with Gasteiger partial charge in [0.05, 0.1) is 0 Å². The Labute approximate surface area is 65.1 Å². The molecule has 3 nitrogen and oxygen atoms in total. The Morgan fingerprint density at radius 3 is 0.600 bits per heavy atom. The van der Waals surface area contributed by atoms with Gasteiger partial charge < -0.3 is 16.4 Å². The van der Waals surface area contributed by atoms with Crippen molar-refractivity contribution in [1.29, 1.82) is 0 Å². The van der Waals surface area contributed by atoms with Gasteiger partial charge >= 0.3 is 0 Å². The van der Waals surface area contributed by atoms with Gasteiger partial charge in [-0.25, -0.2) is 0 Å². The van der Waals surface area contributed by atoms with Crippen LogP contribution in [0.5, 0.6) is 0 Å². The van der Waals surface area contributed by atoms with E-state index in [4.69, 9.17) is 0 Å². The molecule has 0 aliphatic rings. The molecule has 0 unspecified atom stereocenters. The second kappa shape index (κ2) is 52.3. The summed E-state index contributed by atoms with van der Waals surface area (Å²) in [5.74, 6) is 0. The summed E-state index contributed by atoms with van der Waals surface area (Å²) in [6, 6.07) is 0. The first kappa shape index (κ1) is 93.1. The zero-order valence-electron chi connectivity index (χ0n) is 2.58. The standard InChI is InChI=1S/La.3H2O.H2S/h;4*1H2. The first-order chi connectivity index (χ1) is 0. The fourth-order valence-electron chi connectivity index (χ4n) is 0. The molecule has 0 heterocycles. The van der Waals surface area contributed by atoms with Crippen LogP contribution < -0.4 is 0 Å². The number of hydrogen-bond acceptors (Lipinski definition) is 0. The Kier molecular flexibility index (Phi) is 975. The first-order valence-corrected chi connectivity index (χ1v) is 0.